The largest absolute Gasteiger partial charge is 0.383 e. The van der Waals surface area contributed by atoms with Crippen LogP contribution in [-0.4, -0.2) is 49.4 Å². The maximum absolute atomic E-state index is 5.32. The molecule has 1 saturated heterocycles. The summed E-state index contributed by atoms with van der Waals surface area (Å²) in [4.78, 5) is 6.88. The number of likely N-dealkylation sites (tertiary alicyclic amines) is 1. The second-order valence-electron chi connectivity index (χ2n) is 4.79. The number of hydrogen-bond acceptors (Lipinski definition) is 4. The summed E-state index contributed by atoms with van der Waals surface area (Å²) < 4.78 is 10.6. The van der Waals surface area contributed by atoms with Gasteiger partial charge in [0.1, 0.15) is 0 Å². The molecule has 0 saturated carbocycles. The molecule has 1 aliphatic rings. The normalized spacial score (nSPS) is 24.6. The lowest BCUT2D eigenvalue weighted by molar-refractivity contribution is 0.0573. The van der Waals surface area contributed by atoms with Gasteiger partial charge in [-0.15, -0.1) is 0 Å². The molecule has 100 valence electrons. The summed E-state index contributed by atoms with van der Waals surface area (Å²) in [5, 5.41) is 0. The molecule has 4 nitrogen and oxygen atoms in total. The summed E-state index contributed by atoms with van der Waals surface area (Å²) in [6, 6.07) is 7.03. The lowest BCUT2D eigenvalue weighted by Gasteiger charge is -2.29. The van der Waals surface area contributed by atoms with E-state index in [-0.39, 0.29) is 0 Å². The predicted octanol–water partition coefficient (Wildman–Crippen LogP) is 1.71. The molecule has 0 radical (unpaired) electrons. The Labute approximate surface area is 109 Å². The van der Waals surface area contributed by atoms with Crippen LogP contribution in [-0.2, 0) is 16.0 Å². The molecule has 1 aromatic heterocycles. The van der Waals surface area contributed by atoms with E-state index in [2.05, 4.69) is 16.0 Å². The highest BCUT2D eigenvalue weighted by molar-refractivity contribution is 5.05. The molecule has 0 bridgehead atoms. The van der Waals surface area contributed by atoms with Gasteiger partial charge in [-0.3, -0.25) is 9.88 Å². The van der Waals surface area contributed by atoms with Gasteiger partial charge in [0, 0.05) is 39.0 Å². The molecule has 2 atom stereocenters. The molecule has 0 aliphatic carbocycles. The van der Waals surface area contributed by atoms with Crippen LogP contribution >= 0.6 is 0 Å². The fourth-order valence-electron chi connectivity index (χ4n) is 2.69. The fourth-order valence-corrected chi connectivity index (χ4v) is 2.69. The summed E-state index contributed by atoms with van der Waals surface area (Å²) in [6.07, 6.45) is 4.20. The molecule has 18 heavy (non-hydrogen) atoms. The van der Waals surface area contributed by atoms with Gasteiger partial charge in [0.05, 0.1) is 18.9 Å². The van der Waals surface area contributed by atoms with E-state index < -0.39 is 0 Å². The summed E-state index contributed by atoms with van der Waals surface area (Å²) in [5.74, 6) is 0. The van der Waals surface area contributed by atoms with Crippen LogP contribution in [0.5, 0.6) is 0 Å². The molecule has 1 aromatic rings. The van der Waals surface area contributed by atoms with Crippen LogP contribution < -0.4 is 0 Å². The van der Waals surface area contributed by atoms with E-state index in [1.165, 1.54) is 12.8 Å². The first-order valence-corrected chi connectivity index (χ1v) is 6.48. The molecule has 2 heterocycles. The number of methoxy groups -OCH3 is 2. The SMILES string of the molecule is COC[C@H]1CC[C@H](COC)N1Cc1ccccn1. The first-order chi connectivity index (χ1) is 8.85. The number of nitrogens with zero attached hydrogens (tertiary/aromatic N) is 2. The second-order valence-corrected chi connectivity index (χ2v) is 4.79. The van der Waals surface area contributed by atoms with Gasteiger partial charge in [0.15, 0.2) is 0 Å². The fraction of sp³-hybridized carbons (Fsp3) is 0.643. The zero-order valence-corrected chi connectivity index (χ0v) is 11.2. The first kappa shape index (κ1) is 13.5. The summed E-state index contributed by atoms with van der Waals surface area (Å²) >= 11 is 0. The lowest BCUT2D eigenvalue weighted by atomic mass is 10.2. The topological polar surface area (TPSA) is 34.6 Å². The van der Waals surface area contributed by atoms with Crippen molar-refractivity contribution in [2.24, 2.45) is 0 Å². The third-order valence-corrected chi connectivity index (χ3v) is 3.56. The van der Waals surface area contributed by atoms with Crippen molar-refractivity contribution in [1.29, 1.82) is 0 Å². The van der Waals surface area contributed by atoms with Gasteiger partial charge in [-0.1, -0.05) is 6.07 Å². The summed E-state index contributed by atoms with van der Waals surface area (Å²) in [5.41, 5.74) is 1.11. The van der Waals surface area contributed by atoms with E-state index >= 15 is 0 Å². The maximum Gasteiger partial charge on any atom is 0.0618 e. The van der Waals surface area contributed by atoms with Crippen molar-refractivity contribution >= 4 is 0 Å². The molecule has 2 rings (SSSR count). The van der Waals surface area contributed by atoms with Crippen molar-refractivity contribution in [3.63, 3.8) is 0 Å². The number of ether oxygens (including phenoxy) is 2. The minimum absolute atomic E-state index is 0.483. The Kier molecular flexibility index (Phi) is 5.11. The molecule has 0 N–H and O–H groups in total. The van der Waals surface area contributed by atoms with Crippen molar-refractivity contribution in [2.45, 2.75) is 31.5 Å². The van der Waals surface area contributed by atoms with Gasteiger partial charge in [-0.2, -0.15) is 0 Å². The number of hydrogen-bond donors (Lipinski definition) is 0. The molecular weight excluding hydrogens is 228 g/mol. The van der Waals surface area contributed by atoms with E-state index in [1.54, 1.807) is 14.2 Å². The molecule has 4 heteroatoms. The Morgan fingerprint density at radius 2 is 1.83 bits per heavy atom. The minimum atomic E-state index is 0.483. The van der Waals surface area contributed by atoms with Crippen molar-refractivity contribution in [3.8, 4) is 0 Å². The van der Waals surface area contributed by atoms with Crippen molar-refractivity contribution in [3.05, 3.63) is 30.1 Å². The van der Waals surface area contributed by atoms with E-state index in [0.717, 1.165) is 25.5 Å². The minimum Gasteiger partial charge on any atom is -0.383 e. The summed E-state index contributed by atoms with van der Waals surface area (Å²) in [6.45, 7) is 2.45. The molecule has 0 amide bonds. The standard InChI is InChI=1S/C14H22N2O2/c1-17-10-13-6-7-14(11-18-2)16(13)9-12-5-3-4-8-15-12/h3-5,8,13-14H,6-7,9-11H2,1-2H3/t13-,14-/m1/s1. The third kappa shape index (κ3) is 3.28. The molecule has 1 aliphatic heterocycles. The number of rotatable bonds is 6. The van der Waals surface area contributed by atoms with Crippen LogP contribution in [0.4, 0.5) is 0 Å². The van der Waals surface area contributed by atoms with Crippen LogP contribution in [0.2, 0.25) is 0 Å². The highest BCUT2D eigenvalue weighted by atomic mass is 16.5. The smallest absolute Gasteiger partial charge is 0.0618 e. The zero-order valence-electron chi connectivity index (χ0n) is 11.2. The number of aromatic nitrogens is 1. The van der Waals surface area contributed by atoms with Crippen LogP contribution in [0, 0.1) is 0 Å². The molecule has 0 aromatic carbocycles. The maximum atomic E-state index is 5.32. The van der Waals surface area contributed by atoms with E-state index in [9.17, 15) is 0 Å². The Morgan fingerprint density at radius 3 is 2.33 bits per heavy atom. The zero-order chi connectivity index (χ0) is 12.8. The Balaban J connectivity index is 2.03. The van der Waals surface area contributed by atoms with Gasteiger partial charge < -0.3 is 9.47 Å². The van der Waals surface area contributed by atoms with E-state index in [0.29, 0.717) is 12.1 Å². The predicted molar refractivity (Wildman–Crippen MR) is 70.3 cm³/mol. The van der Waals surface area contributed by atoms with Crippen molar-refractivity contribution in [2.75, 3.05) is 27.4 Å². The molecular formula is C14H22N2O2. The van der Waals surface area contributed by atoms with Crippen LogP contribution in [0.3, 0.4) is 0 Å². The lowest BCUT2D eigenvalue weighted by Crippen LogP contribution is -2.40. The van der Waals surface area contributed by atoms with Gasteiger partial charge in [-0.25, -0.2) is 0 Å². The summed E-state index contributed by atoms with van der Waals surface area (Å²) in [7, 11) is 3.53. The number of pyridine rings is 1. The van der Waals surface area contributed by atoms with Crippen molar-refractivity contribution in [1.82, 2.24) is 9.88 Å². The van der Waals surface area contributed by atoms with Gasteiger partial charge in [-0.05, 0) is 25.0 Å². The molecule has 0 unspecified atom stereocenters. The first-order valence-electron chi connectivity index (χ1n) is 6.48. The van der Waals surface area contributed by atoms with Crippen LogP contribution in [0.25, 0.3) is 0 Å². The highest BCUT2D eigenvalue weighted by Crippen LogP contribution is 2.26. The molecule has 0 spiro atoms. The monoisotopic (exact) mass is 250 g/mol. The van der Waals surface area contributed by atoms with Crippen LogP contribution in [0.15, 0.2) is 24.4 Å². The Hall–Kier alpha value is -0.970. The highest BCUT2D eigenvalue weighted by Gasteiger charge is 2.33. The Bertz CT molecular complexity index is 331. The molecule has 1 fully saturated rings. The average Bonchev–Trinajstić information content (AvgIpc) is 2.75. The van der Waals surface area contributed by atoms with Gasteiger partial charge in [0.2, 0.25) is 0 Å². The quantitative estimate of drug-likeness (QED) is 0.770. The average molecular weight is 250 g/mol. The van der Waals surface area contributed by atoms with Crippen molar-refractivity contribution < 1.29 is 9.47 Å². The second kappa shape index (κ2) is 6.83. The van der Waals surface area contributed by atoms with Gasteiger partial charge >= 0.3 is 0 Å². The van der Waals surface area contributed by atoms with E-state index in [1.807, 2.05) is 18.3 Å². The van der Waals surface area contributed by atoms with Crippen LogP contribution in [0.1, 0.15) is 18.5 Å². The third-order valence-electron chi connectivity index (χ3n) is 3.56. The Morgan fingerprint density at radius 1 is 1.17 bits per heavy atom. The van der Waals surface area contributed by atoms with Gasteiger partial charge in [0.25, 0.3) is 0 Å². The van der Waals surface area contributed by atoms with E-state index in [4.69, 9.17) is 9.47 Å².